The Bertz CT molecular complexity index is 649. The van der Waals surface area contributed by atoms with Gasteiger partial charge in [-0.2, -0.15) is 0 Å². The van der Waals surface area contributed by atoms with Crippen LogP contribution in [0.1, 0.15) is 64.0 Å². The fourth-order valence-corrected chi connectivity index (χ4v) is 5.22. The molecule has 3 atom stereocenters. The molecule has 0 spiro atoms. The molecule has 0 radical (unpaired) electrons. The molecule has 2 bridgehead atoms. The fraction of sp³-hybridized carbons (Fsp3) is 0.667. The summed E-state index contributed by atoms with van der Waals surface area (Å²) in [4.78, 5) is 13.0. The van der Waals surface area contributed by atoms with Gasteiger partial charge in [0.15, 0.2) is 0 Å². The minimum atomic E-state index is -0.266. The van der Waals surface area contributed by atoms with Crippen LogP contribution in [0.25, 0.3) is 0 Å². The highest BCUT2D eigenvalue weighted by Gasteiger charge is 2.42. The van der Waals surface area contributed by atoms with Crippen LogP contribution in [0, 0.1) is 17.8 Å². The molecule has 5 heteroatoms. The van der Waals surface area contributed by atoms with Gasteiger partial charge in [0.2, 0.25) is 5.91 Å². The van der Waals surface area contributed by atoms with E-state index in [1.807, 2.05) is 18.2 Å². The van der Waals surface area contributed by atoms with Crippen LogP contribution in [-0.4, -0.2) is 17.6 Å². The zero-order valence-electron chi connectivity index (χ0n) is 15.7. The first-order valence-corrected chi connectivity index (χ1v) is 9.77. The van der Waals surface area contributed by atoms with Gasteiger partial charge in [-0.1, -0.05) is 24.6 Å². The maximum Gasteiger partial charge on any atom is 0.223 e. The molecule has 26 heavy (non-hydrogen) atoms. The summed E-state index contributed by atoms with van der Waals surface area (Å²) in [5, 5.41) is 3.34. The Kier molecular flexibility index (Phi) is 5.55. The predicted octanol–water partition coefficient (Wildman–Crippen LogP) is 3.98. The predicted molar refractivity (Wildman–Crippen MR) is 105 cm³/mol. The van der Waals surface area contributed by atoms with E-state index in [-0.39, 0.29) is 35.9 Å². The molecule has 2 saturated carbocycles. The van der Waals surface area contributed by atoms with Crippen molar-refractivity contribution >= 4 is 18.3 Å². The number of carbonyl (C=O) groups is 1. The Morgan fingerprint density at radius 1 is 1.19 bits per heavy atom. The average Bonchev–Trinajstić information content (AvgIpc) is 2.53. The van der Waals surface area contributed by atoms with Crippen LogP contribution in [0.2, 0.25) is 0 Å². The number of nitrogens with one attached hydrogen (secondary N) is 1. The van der Waals surface area contributed by atoms with Crippen LogP contribution < -0.4 is 15.8 Å². The molecule has 0 aromatic heterocycles. The molecule has 2 aliphatic carbocycles. The summed E-state index contributed by atoms with van der Waals surface area (Å²) in [5.74, 6) is 2.28. The Morgan fingerprint density at radius 3 is 2.54 bits per heavy atom. The van der Waals surface area contributed by atoms with E-state index in [0.29, 0.717) is 17.9 Å². The molecule has 4 nitrogen and oxygen atoms in total. The Hall–Kier alpha value is -1.26. The van der Waals surface area contributed by atoms with E-state index in [2.05, 4.69) is 25.2 Å². The Morgan fingerprint density at radius 2 is 1.85 bits per heavy atom. The van der Waals surface area contributed by atoms with Crippen LogP contribution in [-0.2, 0) is 4.79 Å². The molecule has 1 aliphatic heterocycles. The van der Waals surface area contributed by atoms with Crippen molar-refractivity contribution in [3.63, 3.8) is 0 Å². The zero-order valence-corrected chi connectivity index (χ0v) is 16.6. The van der Waals surface area contributed by atoms with Gasteiger partial charge in [-0.3, -0.25) is 4.79 Å². The number of nitrogens with two attached hydrogens (primary N) is 1. The summed E-state index contributed by atoms with van der Waals surface area (Å²) in [5.41, 5.74) is 7.22. The van der Waals surface area contributed by atoms with Gasteiger partial charge in [-0.05, 0) is 57.4 Å². The maximum absolute atomic E-state index is 13.0. The van der Waals surface area contributed by atoms with E-state index in [1.165, 1.54) is 19.3 Å². The maximum atomic E-state index is 13.0. The van der Waals surface area contributed by atoms with Crippen molar-refractivity contribution in [1.82, 2.24) is 5.32 Å². The van der Waals surface area contributed by atoms with Crippen LogP contribution in [0.4, 0.5) is 0 Å². The Labute approximate surface area is 162 Å². The average molecular weight is 379 g/mol. The number of ether oxygens (including phenoxy) is 1. The van der Waals surface area contributed by atoms with Crippen LogP contribution in [0.5, 0.6) is 5.75 Å². The SMILES string of the molecule is CC1(C)CC(NC(=O)C2CC3CCCC(C2)C3N)c2ccccc2O1.Cl. The summed E-state index contributed by atoms with van der Waals surface area (Å²) in [6.07, 6.45) is 6.37. The highest BCUT2D eigenvalue weighted by atomic mass is 35.5. The van der Waals surface area contributed by atoms with Crippen molar-refractivity contribution in [1.29, 1.82) is 0 Å². The molecule has 1 heterocycles. The minimum absolute atomic E-state index is 0. The second-order valence-electron chi connectivity index (χ2n) is 8.86. The number of hydrogen-bond donors (Lipinski definition) is 2. The lowest BCUT2D eigenvalue weighted by Crippen LogP contribution is -2.50. The molecule has 1 aromatic carbocycles. The van der Waals surface area contributed by atoms with Crippen LogP contribution >= 0.6 is 12.4 Å². The summed E-state index contributed by atoms with van der Waals surface area (Å²) in [7, 11) is 0. The molecular weight excluding hydrogens is 348 g/mol. The molecular formula is C21H31ClN2O2. The van der Waals surface area contributed by atoms with Gasteiger partial charge in [-0.15, -0.1) is 12.4 Å². The summed E-state index contributed by atoms with van der Waals surface area (Å²) < 4.78 is 6.08. The van der Waals surface area contributed by atoms with Gasteiger partial charge in [0, 0.05) is 23.9 Å². The van der Waals surface area contributed by atoms with Crippen molar-refractivity contribution in [2.75, 3.05) is 0 Å². The smallest absolute Gasteiger partial charge is 0.223 e. The van der Waals surface area contributed by atoms with E-state index in [4.69, 9.17) is 10.5 Å². The van der Waals surface area contributed by atoms with Gasteiger partial charge >= 0.3 is 0 Å². The van der Waals surface area contributed by atoms with Crippen molar-refractivity contribution < 1.29 is 9.53 Å². The summed E-state index contributed by atoms with van der Waals surface area (Å²) in [6, 6.07) is 8.41. The van der Waals surface area contributed by atoms with Crippen molar-refractivity contribution in [3.8, 4) is 5.75 Å². The number of para-hydroxylation sites is 1. The third-order valence-corrected chi connectivity index (χ3v) is 6.48. The van der Waals surface area contributed by atoms with E-state index >= 15 is 0 Å². The number of rotatable bonds is 2. The summed E-state index contributed by atoms with van der Waals surface area (Å²) in [6.45, 7) is 4.18. The summed E-state index contributed by atoms with van der Waals surface area (Å²) >= 11 is 0. The normalized spacial score (nSPS) is 34.7. The zero-order chi connectivity index (χ0) is 17.6. The lowest BCUT2D eigenvalue weighted by molar-refractivity contribution is -0.129. The van der Waals surface area contributed by atoms with Gasteiger partial charge in [-0.25, -0.2) is 0 Å². The number of hydrogen-bond acceptors (Lipinski definition) is 3. The molecule has 3 N–H and O–H groups in total. The molecule has 2 fully saturated rings. The third kappa shape index (κ3) is 3.72. The second kappa shape index (κ2) is 7.40. The number of amides is 1. The quantitative estimate of drug-likeness (QED) is 0.818. The first kappa shape index (κ1) is 19.5. The topological polar surface area (TPSA) is 64.4 Å². The molecule has 0 saturated heterocycles. The van der Waals surface area contributed by atoms with Gasteiger partial charge in [0.05, 0.1) is 6.04 Å². The van der Waals surface area contributed by atoms with E-state index in [9.17, 15) is 4.79 Å². The first-order valence-electron chi connectivity index (χ1n) is 9.77. The van der Waals surface area contributed by atoms with Crippen LogP contribution in [0.3, 0.4) is 0 Å². The molecule has 144 valence electrons. The second-order valence-corrected chi connectivity index (χ2v) is 8.86. The standard InChI is InChI=1S/C21H30N2O2.ClH/c1-21(2)12-17(16-8-3-4-9-18(16)25-21)23-20(24)15-10-13-6-5-7-14(11-15)19(13)22;/h3-4,8-9,13-15,17,19H,5-7,10-12,22H2,1-2H3,(H,23,24);1H. The molecule has 1 amide bonds. The van der Waals surface area contributed by atoms with Gasteiger partial charge < -0.3 is 15.8 Å². The van der Waals surface area contributed by atoms with Gasteiger partial charge in [0.1, 0.15) is 11.4 Å². The number of halogens is 1. The van der Waals surface area contributed by atoms with E-state index < -0.39 is 0 Å². The Balaban J connectivity index is 0.00000196. The third-order valence-electron chi connectivity index (χ3n) is 6.48. The monoisotopic (exact) mass is 378 g/mol. The van der Waals surface area contributed by atoms with Gasteiger partial charge in [0.25, 0.3) is 0 Å². The van der Waals surface area contributed by atoms with Crippen molar-refractivity contribution in [3.05, 3.63) is 29.8 Å². The highest BCUT2D eigenvalue weighted by Crippen LogP contribution is 2.43. The number of fused-ring (bicyclic) bond motifs is 3. The van der Waals surface area contributed by atoms with E-state index in [0.717, 1.165) is 30.6 Å². The molecule has 3 unspecified atom stereocenters. The molecule has 1 aromatic rings. The van der Waals surface area contributed by atoms with Crippen molar-refractivity contribution in [2.24, 2.45) is 23.5 Å². The highest BCUT2D eigenvalue weighted by molar-refractivity contribution is 5.85. The molecule has 4 rings (SSSR count). The number of benzene rings is 1. The minimum Gasteiger partial charge on any atom is -0.487 e. The largest absolute Gasteiger partial charge is 0.487 e. The van der Waals surface area contributed by atoms with E-state index in [1.54, 1.807) is 0 Å². The van der Waals surface area contributed by atoms with Crippen molar-refractivity contribution in [2.45, 2.75) is 70.1 Å². The van der Waals surface area contributed by atoms with Crippen LogP contribution in [0.15, 0.2) is 24.3 Å². The molecule has 3 aliphatic rings. The lowest BCUT2D eigenvalue weighted by Gasteiger charge is -2.44. The first-order chi connectivity index (χ1) is 11.9. The lowest BCUT2D eigenvalue weighted by atomic mass is 9.65. The fourth-order valence-electron chi connectivity index (χ4n) is 5.22. The number of carbonyl (C=O) groups excluding carboxylic acids is 1.